The van der Waals surface area contributed by atoms with Crippen LogP contribution in [0.4, 0.5) is 5.82 Å². The lowest BCUT2D eigenvalue weighted by atomic mass is 10.4. The maximum atomic E-state index is 11.3. The molecule has 5 heteroatoms. The van der Waals surface area contributed by atoms with Gasteiger partial charge in [-0.3, -0.25) is 9.48 Å². The zero-order chi connectivity index (χ0) is 9.42. The molecule has 0 radical (unpaired) electrons. The Morgan fingerprint density at radius 1 is 1.77 bits per heavy atom. The zero-order valence-corrected chi connectivity index (χ0v) is 8.84. The van der Waals surface area contributed by atoms with Crippen LogP contribution in [0.5, 0.6) is 0 Å². The fourth-order valence-electron chi connectivity index (χ4n) is 1.08. The molecule has 1 aromatic heterocycles. The van der Waals surface area contributed by atoms with Crippen LogP contribution in [0, 0.1) is 5.92 Å². The van der Waals surface area contributed by atoms with Gasteiger partial charge in [0.05, 0.1) is 0 Å². The van der Waals surface area contributed by atoms with E-state index in [1.54, 1.807) is 10.7 Å². The second-order valence-corrected chi connectivity index (χ2v) is 4.05. The van der Waals surface area contributed by atoms with Gasteiger partial charge in [0, 0.05) is 19.0 Å². The molecule has 1 amide bonds. The number of hydrogen-bond acceptors (Lipinski definition) is 2. The Hall–Kier alpha value is -0.840. The fourth-order valence-corrected chi connectivity index (χ4v) is 1.38. The van der Waals surface area contributed by atoms with E-state index in [0.29, 0.717) is 5.82 Å². The minimum atomic E-state index is 0.0885. The van der Waals surface area contributed by atoms with Gasteiger partial charge in [-0.15, -0.1) is 0 Å². The fraction of sp³-hybridized carbons (Fsp3) is 0.500. The number of aryl methyl sites for hydroxylation is 1. The van der Waals surface area contributed by atoms with Gasteiger partial charge in [0.2, 0.25) is 5.91 Å². The molecule has 1 fully saturated rings. The number of carbonyl (C=O) groups excluding carboxylic acids is 1. The van der Waals surface area contributed by atoms with Crippen LogP contribution in [-0.4, -0.2) is 15.7 Å². The lowest BCUT2D eigenvalue weighted by Crippen LogP contribution is -2.13. The molecule has 13 heavy (non-hydrogen) atoms. The molecule has 0 atom stereocenters. The van der Waals surface area contributed by atoms with Crippen molar-refractivity contribution in [3.8, 4) is 0 Å². The molecule has 1 heterocycles. The maximum Gasteiger partial charge on any atom is 0.228 e. The zero-order valence-electron chi connectivity index (χ0n) is 7.25. The van der Waals surface area contributed by atoms with Crippen LogP contribution in [0.25, 0.3) is 0 Å². The first-order chi connectivity index (χ1) is 6.16. The Balaban J connectivity index is 2.04. The highest BCUT2D eigenvalue weighted by atomic mass is 79.9. The summed E-state index contributed by atoms with van der Waals surface area (Å²) in [6, 6.07) is 1.79. The molecular weight excluding hydrogens is 234 g/mol. The summed E-state index contributed by atoms with van der Waals surface area (Å²) in [5.74, 6) is 0.928. The maximum absolute atomic E-state index is 11.3. The minimum Gasteiger partial charge on any atom is -0.309 e. The van der Waals surface area contributed by atoms with Gasteiger partial charge in [0.1, 0.15) is 4.60 Å². The molecule has 0 saturated heterocycles. The van der Waals surface area contributed by atoms with Crippen LogP contribution in [0.15, 0.2) is 10.7 Å². The summed E-state index contributed by atoms with van der Waals surface area (Å²) >= 11 is 3.31. The third kappa shape index (κ3) is 1.91. The predicted molar refractivity (Wildman–Crippen MR) is 52.3 cm³/mol. The molecule has 0 unspecified atom stereocenters. The molecule has 1 aromatic rings. The van der Waals surface area contributed by atoms with Gasteiger partial charge in [0.25, 0.3) is 0 Å². The molecule has 0 aromatic carbocycles. The first kappa shape index (κ1) is 8.74. The van der Waals surface area contributed by atoms with Crippen molar-refractivity contribution in [1.82, 2.24) is 9.78 Å². The number of aromatic nitrogens is 2. The van der Waals surface area contributed by atoms with Crippen molar-refractivity contribution in [3.05, 3.63) is 10.7 Å². The molecule has 0 bridgehead atoms. The van der Waals surface area contributed by atoms with Gasteiger partial charge >= 0.3 is 0 Å². The summed E-state index contributed by atoms with van der Waals surface area (Å²) in [4.78, 5) is 11.3. The highest BCUT2D eigenvalue weighted by Gasteiger charge is 2.29. The lowest BCUT2D eigenvalue weighted by molar-refractivity contribution is -0.117. The van der Waals surface area contributed by atoms with Crippen molar-refractivity contribution < 1.29 is 4.79 Å². The summed E-state index contributed by atoms with van der Waals surface area (Å²) in [5, 5.41) is 6.86. The topological polar surface area (TPSA) is 46.9 Å². The number of rotatable bonds is 2. The van der Waals surface area contributed by atoms with Crippen molar-refractivity contribution in [3.63, 3.8) is 0 Å². The lowest BCUT2D eigenvalue weighted by Gasteiger charge is -1.97. The average molecular weight is 244 g/mol. The second kappa shape index (κ2) is 3.14. The van der Waals surface area contributed by atoms with E-state index in [9.17, 15) is 4.79 Å². The Morgan fingerprint density at radius 3 is 2.92 bits per heavy atom. The number of halogens is 1. The molecule has 1 saturated carbocycles. The molecule has 1 aliphatic rings. The number of hydrogen-bond donors (Lipinski definition) is 1. The normalized spacial score (nSPS) is 15.8. The largest absolute Gasteiger partial charge is 0.309 e. The average Bonchev–Trinajstić information content (AvgIpc) is 2.81. The van der Waals surface area contributed by atoms with E-state index in [4.69, 9.17) is 0 Å². The molecule has 1 N–H and O–H groups in total. The molecule has 4 nitrogen and oxygen atoms in total. The van der Waals surface area contributed by atoms with E-state index >= 15 is 0 Å². The Bertz CT molecular complexity index is 324. The van der Waals surface area contributed by atoms with Crippen LogP contribution in [0.3, 0.4) is 0 Å². The standard InChI is InChI=1S/C8H10BrN3O/c1-12-6(9)4-7(11-12)10-8(13)5-2-3-5/h4-5H,2-3H2,1H3,(H,10,11,13). The smallest absolute Gasteiger partial charge is 0.228 e. The van der Waals surface area contributed by atoms with Crippen LogP contribution in [0.1, 0.15) is 12.8 Å². The van der Waals surface area contributed by atoms with Crippen molar-refractivity contribution in [1.29, 1.82) is 0 Å². The number of carbonyl (C=O) groups is 1. The van der Waals surface area contributed by atoms with Crippen LogP contribution in [-0.2, 0) is 11.8 Å². The predicted octanol–water partition coefficient (Wildman–Crippen LogP) is 1.53. The highest BCUT2D eigenvalue weighted by molar-refractivity contribution is 9.10. The van der Waals surface area contributed by atoms with Gasteiger partial charge in [-0.05, 0) is 28.8 Å². The molecule has 1 aliphatic carbocycles. The van der Waals surface area contributed by atoms with E-state index in [1.165, 1.54) is 0 Å². The van der Waals surface area contributed by atoms with E-state index in [-0.39, 0.29) is 11.8 Å². The highest BCUT2D eigenvalue weighted by Crippen LogP contribution is 2.30. The van der Waals surface area contributed by atoms with Crippen molar-refractivity contribution >= 4 is 27.7 Å². The quantitative estimate of drug-likeness (QED) is 0.857. The Labute approximate surface area is 84.4 Å². The molecule has 70 valence electrons. The number of anilines is 1. The summed E-state index contributed by atoms with van der Waals surface area (Å²) in [6.07, 6.45) is 2.03. The van der Waals surface area contributed by atoms with Crippen molar-refractivity contribution in [2.75, 3.05) is 5.32 Å². The number of amides is 1. The van der Waals surface area contributed by atoms with E-state index < -0.39 is 0 Å². The molecular formula is C8H10BrN3O. The number of nitrogens with one attached hydrogen (secondary N) is 1. The molecule has 2 rings (SSSR count). The summed E-state index contributed by atoms with van der Waals surface area (Å²) in [5.41, 5.74) is 0. The van der Waals surface area contributed by atoms with E-state index in [0.717, 1.165) is 17.4 Å². The van der Waals surface area contributed by atoms with Crippen molar-refractivity contribution in [2.45, 2.75) is 12.8 Å². The van der Waals surface area contributed by atoms with Crippen LogP contribution >= 0.6 is 15.9 Å². The number of nitrogens with zero attached hydrogens (tertiary/aromatic N) is 2. The summed E-state index contributed by atoms with van der Waals surface area (Å²) < 4.78 is 2.53. The Kier molecular flexibility index (Phi) is 2.11. The SMILES string of the molecule is Cn1nc(NC(=O)C2CC2)cc1Br. The van der Waals surface area contributed by atoms with Gasteiger partial charge < -0.3 is 5.32 Å². The summed E-state index contributed by atoms with van der Waals surface area (Å²) in [6.45, 7) is 0. The molecule has 0 spiro atoms. The summed E-state index contributed by atoms with van der Waals surface area (Å²) in [7, 11) is 1.82. The monoisotopic (exact) mass is 243 g/mol. The Morgan fingerprint density at radius 2 is 2.46 bits per heavy atom. The van der Waals surface area contributed by atoms with Gasteiger partial charge in [-0.1, -0.05) is 0 Å². The second-order valence-electron chi connectivity index (χ2n) is 3.24. The van der Waals surface area contributed by atoms with Gasteiger partial charge in [-0.25, -0.2) is 0 Å². The minimum absolute atomic E-state index is 0.0885. The van der Waals surface area contributed by atoms with Gasteiger partial charge in [-0.2, -0.15) is 5.10 Å². The first-order valence-corrected chi connectivity index (χ1v) is 4.96. The van der Waals surface area contributed by atoms with Crippen LogP contribution in [0.2, 0.25) is 0 Å². The molecule has 0 aliphatic heterocycles. The third-order valence-electron chi connectivity index (χ3n) is 2.02. The van der Waals surface area contributed by atoms with Crippen molar-refractivity contribution in [2.24, 2.45) is 13.0 Å². The van der Waals surface area contributed by atoms with Crippen LogP contribution < -0.4 is 5.32 Å². The van der Waals surface area contributed by atoms with E-state index in [2.05, 4.69) is 26.3 Å². The van der Waals surface area contributed by atoms with E-state index in [1.807, 2.05) is 7.05 Å². The first-order valence-electron chi connectivity index (χ1n) is 4.17. The third-order valence-corrected chi connectivity index (χ3v) is 2.76. The van der Waals surface area contributed by atoms with Gasteiger partial charge in [0.15, 0.2) is 5.82 Å².